The fourth-order valence-corrected chi connectivity index (χ4v) is 1.52. The summed E-state index contributed by atoms with van der Waals surface area (Å²) in [5, 5.41) is 11.8. The number of hydrogen-bond acceptors (Lipinski definition) is 2. The molecule has 2 N–H and O–H groups in total. The molecule has 4 heteroatoms. The first-order valence-corrected chi connectivity index (χ1v) is 5.17. The van der Waals surface area contributed by atoms with Gasteiger partial charge in [-0.05, 0) is 24.6 Å². The SMILES string of the molecule is CCC(Nc1cccc(Br)c1)C(=O)O. The molecule has 0 saturated heterocycles. The molecule has 76 valence electrons. The molecule has 0 aliphatic carbocycles. The number of nitrogens with one attached hydrogen (secondary N) is 1. The molecule has 1 rings (SSSR count). The molecule has 0 radical (unpaired) electrons. The van der Waals surface area contributed by atoms with E-state index in [-0.39, 0.29) is 0 Å². The van der Waals surface area contributed by atoms with E-state index in [0.29, 0.717) is 6.42 Å². The van der Waals surface area contributed by atoms with Crippen molar-refractivity contribution in [3.05, 3.63) is 28.7 Å². The van der Waals surface area contributed by atoms with Crippen LogP contribution in [0.5, 0.6) is 0 Å². The molecule has 0 heterocycles. The summed E-state index contributed by atoms with van der Waals surface area (Å²) < 4.78 is 0.933. The number of carbonyl (C=O) groups is 1. The van der Waals surface area contributed by atoms with Crippen molar-refractivity contribution in [1.29, 1.82) is 0 Å². The molecule has 0 amide bonds. The zero-order valence-corrected chi connectivity index (χ0v) is 9.41. The van der Waals surface area contributed by atoms with E-state index >= 15 is 0 Å². The van der Waals surface area contributed by atoms with Gasteiger partial charge in [0.1, 0.15) is 6.04 Å². The van der Waals surface area contributed by atoms with Crippen LogP contribution in [0.1, 0.15) is 13.3 Å². The van der Waals surface area contributed by atoms with Gasteiger partial charge in [-0.1, -0.05) is 28.9 Å². The van der Waals surface area contributed by atoms with Crippen molar-refractivity contribution in [2.24, 2.45) is 0 Å². The van der Waals surface area contributed by atoms with E-state index in [1.165, 1.54) is 0 Å². The second-order valence-electron chi connectivity index (χ2n) is 2.95. The molecule has 0 fully saturated rings. The molecule has 1 aromatic rings. The lowest BCUT2D eigenvalue weighted by Crippen LogP contribution is -2.28. The number of rotatable bonds is 4. The normalized spacial score (nSPS) is 12.1. The lowest BCUT2D eigenvalue weighted by Gasteiger charge is -2.13. The highest BCUT2D eigenvalue weighted by Gasteiger charge is 2.13. The van der Waals surface area contributed by atoms with Crippen LogP contribution in [0, 0.1) is 0 Å². The van der Waals surface area contributed by atoms with Crippen LogP contribution in [0.25, 0.3) is 0 Å². The van der Waals surface area contributed by atoms with Gasteiger partial charge in [0, 0.05) is 10.2 Å². The van der Waals surface area contributed by atoms with Crippen LogP contribution >= 0.6 is 15.9 Å². The number of carboxylic acids is 1. The van der Waals surface area contributed by atoms with Gasteiger partial charge in [0.15, 0.2) is 0 Å². The summed E-state index contributed by atoms with van der Waals surface area (Å²) in [7, 11) is 0. The molecule has 0 aliphatic rings. The zero-order chi connectivity index (χ0) is 10.6. The van der Waals surface area contributed by atoms with Gasteiger partial charge in [-0.25, -0.2) is 4.79 Å². The lowest BCUT2D eigenvalue weighted by atomic mass is 10.2. The molecular weight excluding hydrogens is 246 g/mol. The minimum atomic E-state index is -0.826. The fraction of sp³-hybridized carbons (Fsp3) is 0.300. The Balaban J connectivity index is 2.72. The predicted molar refractivity (Wildman–Crippen MR) is 59.5 cm³/mol. The first-order valence-electron chi connectivity index (χ1n) is 4.38. The molecule has 3 nitrogen and oxygen atoms in total. The van der Waals surface area contributed by atoms with E-state index in [1.807, 2.05) is 31.2 Å². The molecule has 0 aliphatic heterocycles. The Kier molecular flexibility index (Phi) is 3.95. The lowest BCUT2D eigenvalue weighted by molar-refractivity contribution is -0.137. The van der Waals surface area contributed by atoms with Crippen molar-refractivity contribution < 1.29 is 9.90 Å². The van der Waals surface area contributed by atoms with E-state index in [1.54, 1.807) is 0 Å². The van der Waals surface area contributed by atoms with E-state index in [0.717, 1.165) is 10.2 Å². The highest BCUT2D eigenvalue weighted by molar-refractivity contribution is 9.10. The predicted octanol–water partition coefficient (Wildman–Crippen LogP) is 2.72. The fourth-order valence-electron chi connectivity index (χ4n) is 1.12. The molecular formula is C10H12BrNO2. The maximum atomic E-state index is 10.7. The van der Waals surface area contributed by atoms with Crippen LogP contribution < -0.4 is 5.32 Å². The van der Waals surface area contributed by atoms with Crippen molar-refractivity contribution in [3.8, 4) is 0 Å². The van der Waals surface area contributed by atoms with Crippen LogP contribution in [-0.4, -0.2) is 17.1 Å². The quantitative estimate of drug-likeness (QED) is 0.872. The average molecular weight is 258 g/mol. The smallest absolute Gasteiger partial charge is 0.326 e. The highest BCUT2D eigenvalue weighted by Crippen LogP contribution is 2.16. The maximum Gasteiger partial charge on any atom is 0.326 e. The molecule has 0 bridgehead atoms. The van der Waals surface area contributed by atoms with E-state index in [2.05, 4.69) is 21.2 Å². The van der Waals surface area contributed by atoms with E-state index in [4.69, 9.17) is 5.11 Å². The second-order valence-corrected chi connectivity index (χ2v) is 3.87. The molecule has 1 unspecified atom stereocenters. The van der Waals surface area contributed by atoms with Gasteiger partial charge >= 0.3 is 5.97 Å². The number of anilines is 1. The summed E-state index contributed by atoms with van der Waals surface area (Å²) in [4.78, 5) is 10.7. The Labute approximate surface area is 91.3 Å². The standard InChI is InChI=1S/C10H12BrNO2/c1-2-9(10(13)14)12-8-5-3-4-7(11)6-8/h3-6,9,12H,2H2,1H3,(H,13,14). The van der Waals surface area contributed by atoms with Crippen LogP contribution in [0.15, 0.2) is 28.7 Å². The Hall–Kier alpha value is -1.03. The molecule has 1 aromatic carbocycles. The molecule has 1 atom stereocenters. The van der Waals surface area contributed by atoms with Crippen molar-refractivity contribution in [2.75, 3.05) is 5.32 Å². The summed E-state index contributed by atoms with van der Waals surface area (Å²) >= 11 is 3.32. The summed E-state index contributed by atoms with van der Waals surface area (Å²) in [6, 6.07) is 6.93. The van der Waals surface area contributed by atoms with Crippen LogP contribution in [0.3, 0.4) is 0 Å². The van der Waals surface area contributed by atoms with Crippen molar-refractivity contribution in [1.82, 2.24) is 0 Å². The average Bonchev–Trinajstić information content (AvgIpc) is 2.14. The third-order valence-electron chi connectivity index (χ3n) is 1.87. The Morgan fingerprint density at radius 2 is 2.36 bits per heavy atom. The molecule has 14 heavy (non-hydrogen) atoms. The Bertz CT molecular complexity index is 328. The van der Waals surface area contributed by atoms with Crippen molar-refractivity contribution in [3.63, 3.8) is 0 Å². The van der Waals surface area contributed by atoms with Crippen molar-refractivity contribution >= 4 is 27.6 Å². The number of halogens is 1. The first kappa shape index (κ1) is 11.0. The maximum absolute atomic E-state index is 10.7. The minimum Gasteiger partial charge on any atom is -0.480 e. The van der Waals surface area contributed by atoms with Gasteiger partial charge in [-0.15, -0.1) is 0 Å². The monoisotopic (exact) mass is 257 g/mol. The van der Waals surface area contributed by atoms with Crippen LogP contribution in [-0.2, 0) is 4.79 Å². The third-order valence-corrected chi connectivity index (χ3v) is 2.37. The summed E-state index contributed by atoms with van der Waals surface area (Å²) in [6.07, 6.45) is 0.557. The summed E-state index contributed by atoms with van der Waals surface area (Å²) in [5.41, 5.74) is 0.814. The number of aliphatic carboxylic acids is 1. The molecule has 0 spiro atoms. The van der Waals surface area contributed by atoms with E-state index in [9.17, 15) is 4.79 Å². The van der Waals surface area contributed by atoms with Gasteiger partial charge in [-0.2, -0.15) is 0 Å². The van der Waals surface area contributed by atoms with Crippen LogP contribution in [0.2, 0.25) is 0 Å². The molecule has 0 saturated carbocycles. The van der Waals surface area contributed by atoms with Gasteiger partial charge in [0.05, 0.1) is 0 Å². The Morgan fingerprint density at radius 3 is 2.86 bits per heavy atom. The third kappa shape index (κ3) is 3.03. The number of benzene rings is 1. The summed E-state index contributed by atoms with van der Waals surface area (Å²) in [5.74, 6) is -0.826. The summed E-state index contributed by atoms with van der Waals surface area (Å²) in [6.45, 7) is 1.84. The first-order chi connectivity index (χ1) is 6.63. The highest BCUT2D eigenvalue weighted by atomic mass is 79.9. The number of carboxylic acid groups (broad SMARTS) is 1. The zero-order valence-electron chi connectivity index (χ0n) is 7.83. The number of hydrogen-bond donors (Lipinski definition) is 2. The topological polar surface area (TPSA) is 49.3 Å². The Morgan fingerprint density at radius 1 is 1.64 bits per heavy atom. The van der Waals surface area contributed by atoms with Gasteiger partial charge in [0.25, 0.3) is 0 Å². The van der Waals surface area contributed by atoms with Gasteiger partial charge in [-0.3, -0.25) is 0 Å². The van der Waals surface area contributed by atoms with E-state index < -0.39 is 12.0 Å². The largest absolute Gasteiger partial charge is 0.480 e. The molecule has 0 aromatic heterocycles. The van der Waals surface area contributed by atoms with Gasteiger partial charge in [0.2, 0.25) is 0 Å². The van der Waals surface area contributed by atoms with Crippen LogP contribution in [0.4, 0.5) is 5.69 Å². The minimum absolute atomic E-state index is 0.524. The van der Waals surface area contributed by atoms with Crippen molar-refractivity contribution in [2.45, 2.75) is 19.4 Å². The second kappa shape index (κ2) is 5.00. The van der Waals surface area contributed by atoms with Gasteiger partial charge < -0.3 is 10.4 Å².